The molecule has 0 saturated carbocycles. The summed E-state index contributed by atoms with van der Waals surface area (Å²) >= 11 is 0. The number of nitrogens with two attached hydrogens (primary N) is 1. The van der Waals surface area contributed by atoms with Gasteiger partial charge in [-0.25, -0.2) is 0 Å². The lowest BCUT2D eigenvalue weighted by atomic mass is 9.75. The second-order valence-corrected chi connectivity index (χ2v) is 5.41. The minimum atomic E-state index is 0.373. The molecule has 0 aromatic rings. The van der Waals surface area contributed by atoms with E-state index in [4.69, 9.17) is 5.73 Å². The van der Waals surface area contributed by atoms with Crippen LogP contribution in [0.3, 0.4) is 0 Å². The Morgan fingerprint density at radius 2 is 2.00 bits per heavy atom. The molecule has 0 aliphatic heterocycles. The van der Waals surface area contributed by atoms with E-state index in [1.807, 2.05) is 7.05 Å². The number of hydrogen-bond donors (Lipinski definition) is 2. The quantitative estimate of drug-likeness (QED) is 0.710. The van der Waals surface area contributed by atoms with Crippen molar-refractivity contribution in [2.75, 3.05) is 13.6 Å². The molecule has 1 unspecified atom stereocenters. The second kappa shape index (κ2) is 6.89. The fourth-order valence-electron chi connectivity index (χ4n) is 1.93. The Kier molecular flexibility index (Phi) is 6.66. The van der Waals surface area contributed by atoms with Crippen LogP contribution in [0.4, 0.5) is 0 Å². The number of likely N-dealkylation sites (N-methyl/N-ethyl adjacent to an activating group) is 1. The van der Waals surface area contributed by atoms with Crippen molar-refractivity contribution in [2.24, 2.45) is 17.1 Å². The first kappa shape index (κ1) is 14.5. The Morgan fingerprint density at radius 3 is 2.33 bits per heavy atom. The van der Waals surface area contributed by atoms with Gasteiger partial charge in [0.05, 0.1) is 0 Å². The molecule has 1 atom stereocenters. The molecule has 0 aromatic carbocycles. The lowest BCUT2D eigenvalue weighted by Crippen LogP contribution is -2.23. The van der Waals surface area contributed by atoms with Crippen molar-refractivity contribution in [1.29, 1.82) is 0 Å². The maximum Gasteiger partial charge on any atom is 0.0178 e. The Hall–Kier alpha value is -0.500. The van der Waals surface area contributed by atoms with E-state index < -0.39 is 0 Å². The van der Waals surface area contributed by atoms with Crippen molar-refractivity contribution in [2.45, 2.75) is 47.0 Å². The summed E-state index contributed by atoms with van der Waals surface area (Å²) in [5.74, 6) is 0.727. The summed E-state index contributed by atoms with van der Waals surface area (Å²) in [7, 11) is 1.97. The molecule has 15 heavy (non-hydrogen) atoms. The summed E-state index contributed by atoms with van der Waals surface area (Å²) in [6.07, 6.45) is 5.42. The van der Waals surface area contributed by atoms with Crippen molar-refractivity contribution in [3.05, 3.63) is 11.8 Å². The molecule has 3 N–H and O–H groups in total. The van der Waals surface area contributed by atoms with Crippen LogP contribution >= 0.6 is 0 Å². The van der Waals surface area contributed by atoms with Gasteiger partial charge in [0.25, 0.3) is 0 Å². The molecular weight excluding hydrogens is 184 g/mol. The Bertz CT molecular complexity index is 189. The number of rotatable bonds is 6. The fourth-order valence-corrected chi connectivity index (χ4v) is 1.93. The maximum atomic E-state index is 5.64. The Morgan fingerprint density at radius 1 is 1.40 bits per heavy atom. The van der Waals surface area contributed by atoms with Gasteiger partial charge in [-0.1, -0.05) is 34.1 Å². The Labute approximate surface area is 95.3 Å². The molecule has 0 radical (unpaired) electrons. The third-order valence-corrected chi connectivity index (χ3v) is 3.01. The predicted molar refractivity (Wildman–Crippen MR) is 68.7 cm³/mol. The summed E-state index contributed by atoms with van der Waals surface area (Å²) in [5.41, 5.74) is 7.34. The summed E-state index contributed by atoms with van der Waals surface area (Å²) in [5, 5.41) is 3.17. The molecule has 0 rings (SSSR count). The van der Waals surface area contributed by atoms with Crippen LogP contribution in [0.15, 0.2) is 11.8 Å². The van der Waals surface area contributed by atoms with Crippen molar-refractivity contribution < 1.29 is 0 Å². The van der Waals surface area contributed by atoms with Gasteiger partial charge in [-0.2, -0.15) is 0 Å². The van der Waals surface area contributed by atoms with Crippen molar-refractivity contribution in [1.82, 2.24) is 5.32 Å². The standard InChI is InChI=1S/C13H28N2/c1-6-7-12(13(2,3)4)8-11(9-14)10-15-5/h9,12,15H,6-8,10,14H2,1-5H3/b11-9-. The summed E-state index contributed by atoms with van der Waals surface area (Å²) < 4.78 is 0. The van der Waals surface area contributed by atoms with Gasteiger partial charge in [0.1, 0.15) is 0 Å². The normalized spacial score (nSPS) is 15.4. The molecule has 0 amide bonds. The molecule has 0 saturated heterocycles. The van der Waals surface area contributed by atoms with Gasteiger partial charge < -0.3 is 11.1 Å². The van der Waals surface area contributed by atoms with Crippen LogP contribution < -0.4 is 11.1 Å². The second-order valence-electron chi connectivity index (χ2n) is 5.41. The minimum Gasteiger partial charge on any atom is -0.405 e. The molecule has 0 heterocycles. The van der Waals surface area contributed by atoms with E-state index in [2.05, 4.69) is 33.0 Å². The molecule has 2 nitrogen and oxygen atoms in total. The van der Waals surface area contributed by atoms with Gasteiger partial charge >= 0.3 is 0 Å². The summed E-state index contributed by atoms with van der Waals surface area (Å²) in [6, 6.07) is 0. The molecule has 0 aliphatic rings. The van der Waals surface area contributed by atoms with Crippen LogP contribution in [0.2, 0.25) is 0 Å². The van der Waals surface area contributed by atoms with Crippen LogP contribution in [-0.4, -0.2) is 13.6 Å². The maximum absolute atomic E-state index is 5.64. The van der Waals surface area contributed by atoms with Crippen molar-refractivity contribution in [3.63, 3.8) is 0 Å². The van der Waals surface area contributed by atoms with Crippen LogP contribution in [0, 0.1) is 11.3 Å². The third kappa shape index (κ3) is 5.83. The largest absolute Gasteiger partial charge is 0.405 e. The molecule has 0 aliphatic carbocycles. The molecule has 0 fully saturated rings. The zero-order valence-electron chi connectivity index (χ0n) is 11.1. The fraction of sp³-hybridized carbons (Fsp3) is 0.846. The molecule has 0 bridgehead atoms. The van der Waals surface area contributed by atoms with E-state index in [-0.39, 0.29) is 0 Å². The zero-order valence-corrected chi connectivity index (χ0v) is 11.1. The predicted octanol–water partition coefficient (Wildman–Crippen LogP) is 2.90. The first-order valence-corrected chi connectivity index (χ1v) is 5.99. The third-order valence-electron chi connectivity index (χ3n) is 3.01. The van der Waals surface area contributed by atoms with Crippen molar-refractivity contribution in [3.8, 4) is 0 Å². The van der Waals surface area contributed by atoms with Gasteiger partial charge in [0.2, 0.25) is 0 Å². The van der Waals surface area contributed by atoms with Gasteiger partial charge in [-0.15, -0.1) is 0 Å². The lowest BCUT2D eigenvalue weighted by molar-refractivity contribution is 0.221. The highest BCUT2D eigenvalue weighted by atomic mass is 14.8. The van der Waals surface area contributed by atoms with E-state index in [0.717, 1.165) is 18.9 Å². The number of hydrogen-bond acceptors (Lipinski definition) is 2. The van der Waals surface area contributed by atoms with E-state index in [1.54, 1.807) is 6.20 Å². The van der Waals surface area contributed by atoms with E-state index in [1.165, 1.54) is 18.4 Å². The van der Waals surface area contributed by atoms with Crippen LogP contribution in [-0.2, 0) is 0 Å². The zero-order chi connectivity index (χ0) is 11.9. The van der Waals surface area contributed by atoms with Gasteiger partial charge in [-0.05, 0) is 43.0 Å². The molecule has 2 heteroatoms. The summed E-state index contributed by atoms with van der Waals surface area (Å²) in [6.45, 7) is 10.1. The van der Waals surface area contributed by atoms with Gasteiger partial charge in [0, 0.05) is 6.54 Å². The minimum absolute atomic E-state index is 0.373. The number of nitrogens with one attached hydrogen (secondary N) is 1. The van der Waals surface area contributed by atoms with Crippen LogP contribution in [0.25, 0.3) is 0 Å². The van der Waals surface area contributed by atoms with E-state index in [9.17, 15) is 0 Å². The highest BCUT2D eigenvalue weighted by molar-refractivity contribution is 5.04. The smallest absolute Gasteiger partial charge is 0.0178 e. The highest BCUT2D eigenvalue weighted by Gasteiger charge is 2.24. The topological polar surface area (TPSA) is 38.0 Å². The van der Waals surface area contributed by atoms with Gasteiger partial charge in [-0.3, -0.25) is 0 Å². The van der Waals surface area contributed by atoms with Crippen LogP contribution in [0.5, 0.6) is 0 Å². The van der Waals surface area contributed by atoms with Crippen LogP contribution in [0.1, 0.15) is 47.0 Å². The SMILES string of the molecule is CCCC(C/C(=C/N)CNC)C(C)(C)C. The van der Waals surface area contributed by atoms with E-state index >= 15 is 0 Å². The van der Waals surface area contributed by atoms with E-state index in [0.29, 0.717) is 5.41 Å². The van der Waals surface area contributed by atoms with Gasteiger partial charge in [0.15, 0.2) is 0 Å². The monoisotopic (exact) mass is 212 g/mol. The van der Waals surface area contributed by atoms with Crippen molar-refractivity contribution >= 4 is 0 Å². The average Bonchev–Trinajstić information content (AvgIpc) is 2.14. The molecule has 0 aromatic heterocycles. The first-order valence-electron chi connectivity index (χ1n) is 5.99. The molecule has 0 spiro atoms. The Balaban J connectivity index is 4.39. The molecular formula is C13H28N2. The highest BCUT2D eigenvalue weighted by Crippen LogP contribution is 2.34. The lowest BCUT2D eigenvalue weighted by Gasteiger charge is -2.31. The average molecular weight is 212 g/mol. The summed E-state index contributed by atoms with van der Waals surface area (Å²) in [4.78, 5) is 0. The molecule has 90 valence electrons. The first-order chi connectivity index (χ1) is 6.95.